The van der Waals surface area contributed by atoms with E-state index in [4.69, 9.17) is 5.26 Å². The second-order valence-corrected chi connectivity index (χ2v) is 10.4. The lowest BCUT2D eigenvalue weighted by Crippen LogP contribution is -2.42. The Morgan fingerprint density at radius 2 is 1.41 bits per heavy atom. The molecule has 0 radical (unpaired) electrons. The molecule has 39 heavy (non-hydrogen) atoms. The summed E-state index contributed by atoms with van der Waals surface area (Å²) in [5.41, 5.74) is 3.12. The molecule has 0 saturated heterocycles. The van der Waals surface area contributed by atoms with E-state index in [9.17, 15) is 26.3 Å². The number of benzene rings is 2. The monoisotopic (exact) mass is 554 g/mol. The lowest BCUT2D eigenvalue weighted by atomic mass is 9.71. The zero-order valence-electron chi connectivity index (χ0n) is 23.0. The molecule has 4 unspecified atom stereocenters. The van der Waals surface area contributed by atoms with E-state index < -0.39 is 42.9 Å². The molecule has 0 N–H and O–H groups in total. The Kier molecular flexibility index (Phi) is 12.8. The van der Waals surface area contributed by atoms with Gasteiger partial charge in [0.25, 0.3) is 0 Å². The Morgan fingerprint density at radius 1 is 0.846 bits per heavy atom. The standard InChI is InChI=1S/C29H37F6N.C2H3N/c1-3-18-36(19-17-22-7-5-4-6-8-22)21(2)9-10-23-11-13-24(14-12-23)25-15-16-26(28(30,31)32)27(20-25)29(33,34)35;1-2-3/h4-8,11-14,21,25-27H,3,9-10,15-20H2,1-2H3;1H3. The second-order valence-electron chi connectivity index (χ2n) is 10.4. The van der Waals surface area contributed by atoms with Crippen LogP contribution in [-0.2, 0) is 12.8 Å². The first-order valence-electron chi connectivity index (χ1n) is 13.7. The third-order valence-corrected chi connectivity index (χ3v) is 7.66. The van der Waals surface area contributed by atoms with Crippen LogP contribution in [0.25, 0.3) is 0 Å². The van der Waals surface area contributed by atoms with Crippen molar-refractivity contribution in [2.24, 2.45) is 11.8 Å². The van der Waals surface area contributed by atoms with Crippen molar-refractivity contribution in [3.63, 3.8) is 0 Å². The third kappa shape index (κ3) is 10.5. The summed E-state index contributed by atoms with van der Waals surface area (Å²) in [7, 11) is 0. The molecule has 0 amide bonds. The molecule has 1 saturated carbocycles. The first-order chi connectivity index (χ1) is 18.4. The Morgan fingerprint density at radius 3 is 1.95 bits per heavy atom. The fourth-order valence-electron chi connectivity index (χ4n) is 5.50. The molecule has 1 aliphatic rings. The van der Waals surface area contributed by atoms with Gasteiger partial charge in [-0.3, -0.25) is 0 Å². The van der Waals surface area contributed by atoms with Crippen molar-refractivity contribution in [1.29, 1.82) is 5.26 Å². The zero-order chi connectivity index (χ0) is 29.1. The van der Waals surface area contributed by atoms with Gasteiger partial charge in [0.15, 0.2) is 0 Å². The molecule has 2 nitrogen and oxygen atoms in total. The molecule has 0 bridgehead atoms. The van der Waals surface area contributed by atoms with Gasteiger partial charge in [0.05, 0.1) is 17.9 Å². The Balaban J connectivity index is 0.00000170. The molecule has 1 fully saturated rings. The van der Waals surface area contributed by atoms with Crippen LogP contribution < -0.4 is 0 Å². The number of rotatable bonds is 10. The molecule has 2 aromatic rings. The summed E-state index contributed by atoms with van der Waals surface area (Å²) in [5, 5.41) is 7.32. The summed E-state index contributed by atoms with van der Waals surface area (Å²) in [6.45, 7) is 7.84. The smallest absolute Gasteiger partial charge is 0.300 e. The normalized spacial score (nSPS) is 20.6. The number of hydrogen-bond acceptors (Lipinski definition) is 2. The Labute approximate surface area is 229 Å². The number of alkyl halides is 6. The fourth-order valence-corrected chi connectivity index (χ4v) is 5.50. The van der Waals surface area contributed by atoms with Crippen LogP contribution in [0.15, 0.2) is 54.6 Å². The van der Waals surface area contributed by atoms with Gasteiger partial charge in [-0.1, -0.05) is 61.5 Å². The first-order valence-corrected chi connectivity index (χ1v) is 13.7. The van der Waals surface area contributed by atoms with Crippen LogP contribution in [0.2, 0.25) is 0 Å². The van der Waals surface area contributed by atoms with Crippen LogP contribution in [0, 0.1) is 23.2 Å². The average molecular weight is 555 g/mol. The summed E-state index contributed by atoms with van der Waals surface area (Å²) >= 11 is 0. The summed E-state index contributed by atoms with van der Waals surface area (Å²) in [6.07, 6.45) is -6.65. The number of aryl methyl sites for hydroxylation is 1. The largest absolute Gasteiger partial charge is 0.392 e. The van der Waals surface area contributed by atoms with Crippen LogP contribution >= 0.6 is 0 Å². The van der Waals surface area contributed by atoms with Crippen LogP contribution in [-0.4, -0.2) is 36.4 Å². The summed E-state index contributed by atoms with van der Waals surface area (Å²) < 4.78 is 79.8. The van der Waals surface area contributed by atoms with Gasteiger partial charge in [-0.05, 0) is 81.0 Å². The van der Waals surface area contributed by atoms with E-state index in [1.165, 1.54) is 12.5 Å². The summed E-state index contributed by atoms with van der Waals surface area (Å²) in [4.78, 5) is 2.50. The highest BCUT2D eigenvalue weighted by Gasteiger charge is 2.56. The maximum atomic E-state index is 13.4. The molecule has 216 valence electrons. The maximum Gasteiger partial charge on any atom is 0.392 e. The topological polar surface area (TPSA) is 27.0 Å². The number of hydrogen-bond donors (Lipinski definition) is 0. The van der Waals surface area contributed by atoms with Crippen LogP contribution in [0.4, 0.5) is 26.3 Å². The van der Waals surface area contributed by atoms with E-state index >= 15 is 0 Å². The molecule has 0 aliphatic heterocycles. The summed E-state index contributed by atoms with van der Waals surface area (Å²) in [6, 6.07) is 20.0. The van der Waals surface area contributed by atoms with Gasteiger partial charge >= 0.3 is 12.4 Å². The molecule has 1 aliphatic carbocycles. The third-order valence-electron chi connectivity index (χ3n) is 7.66. The quantitative estimate of drug-likeness (QED) is 0.274. The number of nitriles is 1. The van der Waals surface area contributed by atoms with Crippen molar-refractivity contribution >= 4 is 0 Å². The van der Waals surface area contributed by atoms with Crippen molar-refractivity contribution in [2.45, 2.75) is 90.0 Å². The maximum absolute atomic E-state index is 13.4. The lowest BCUT2D eigenvalue weighted by molar-refractivity contribution is -0.263. The van der Waals surface area contributed by atoms with Crippen LogP contribution in [0.3, 0.4) is 0 Å². The van der Waals surface area contributed by atoms with E-state index in [0.717, 1.165) is 44.3 Å². The highest BCUT2D eigenvalue weighted by atomic mass is 19.4. The molecule has 0 spiro atoms. The Bertz CT molecular complexity index is 995. The van der Waals surface area contributed by atoms with Gasteiger partial charge in [0.2, 0.25) is 0 Å². The molecule has 2 aromatic carbocycles. The van der Waals surface area contributed by atoms with Gasteiger partial charge in [-0.25, -0.2) is 0 Å². The number of nitrogens with zero attached hydrogens (tertiary/aromatic N) is 2. The van der Waals surface area contributed by atoms with Crippen molar-refractivity contribution in [3.05, 3.63) is 71.3 Å². The lowest BCUT2D eigenvalue weighted by Gasteiger charge is -2.38. The highest BCUT2D eigenvalue weighted by molar-refractivity contribution is 5.26. The van der Waals surface area contributed by atoms with E-state index in [-0.39, 0.29) is 6.42 Å². The molecule has 8 heteroatoms. The first kappa shape index (κ1) is 32.7. The van der Waals surface area contributed by atoms with Crippen molar-refractivity contribution < 1.29 is 26.3 Å². The Hall–Kier alpha value is -2.53. The minimum atomic E-state index is -4.85. The number of halogens is 6. The van der Waals surface area contributed by atoms with E-state index in [1.54, 1.807) is 6.07 Å². The molecular weight excluding hydrogens is 514 g/mol. The minimum Gasteiger partial charge on any atom is -0.300 e. The summed E-state index contributed by atoms with van der Waals surface area (Å²) in [5.74, 6) is -5.14. The molecule has 3 rings (SSSR count). The highest BCUT2D eigenvalue weighted by Crippen LogP contribution is 2.52. The predicted molar refractivity (Wildman–Crippen MR) is 143 cm³/mol. The van der Waals surface area contributed by atoms with Gasteiger partial charge < -0.3 is 4.90 Å². The van der Waals surface area contributed by atoms with E-state index in [0.29, 0.717) is 11.6 Å². The van der Waals surface area contributed by atoms with E-state index in [1.807, 2.05) is 30.3 Å². The van der Waals surface area contributed by atoms with Gasteiger partial charge in [0.1, 0.15) is 0 Å². The average Bonchev–Trinajstić information content (AvgIpc) is 2.89. The van der Waals surface area contributed by atoms with Gasteiger partial charge in [0, 0.05) is 19.5 Å². The zero-order valence-corrected chi connectivity index (χ0v) is 23.0. The SMILES string of the molecule is CC#N.CCCN(CCc1ccccc1)C(C)CCc1ccc(C2CCC(C(F)(F)F)C(C(F)(F)F)C2)cc1. The van der Waals surface area contributed by atoms with Crippen molar-refractivity contribution in [2.75, 3.05) is 13.1 Å². The molecule has 4 atom stereocenters. The predicted octanol–water partition coefficient (Wildman–Crippen LogP) is 9.12. The second kappa shape index (κ2) is 15.3. The van der Waals surface area contributed by atoms with Crippen LogP contribution in [0.5, 0.6) is 0 Å². The molecule has 0 aromatic heterocycles. The van der Waals surface area contributed by atoms with Crippen molar-refractivity contribution in [1.82, 2.24) is 4.90 Å². The molecular formula is C31H40F6N2. The van der Waals surface area contributed by atoms with Gasteiger partial charge in [-0.15, -0.1) is 0 Å². The fraction of sp³-hybridized carbons (Fsp3) is 0.581. The van der Waals surface area contributed by atoms with Crippen molar-refractivity contribution in [3.8, 4) is 6.07 Å². The van der Waals surface area contributed by atoms with Crippen LogP contribution in [0.1, 0.15) is 75.5 Å². The van der Waals surface area contributed by atoms with Gasteiger partial charge in [-0.2, -0.15) is 31.6 Å². The minimum absolute atomic E-state index is 0.126. The molecule has 0 heterocycles. The van der Waals surface area contributed by atoms with E-state index in [2.05, 4.69) is 43.0 Å².